The van der Waals surface area contributed by atoms with Crippen LogP contribution < -0.4 is 10.2 Å². The van der Waals surface area contributed by atoms with Crippen LogP contribution in [0.25, 0.3) is 0 Å². The highest BCUT2D eigenvalue weighted by atomic mass is 16.3. The van der Waals surface area contributed by atoms with E-state index in [1.165, 1.54) is 0 Å². The number of carbonyl (C=O) groups is 2. The van der Waals surface area contributed by atoms with Crippen LogP contribution in [-0.4, -0.2) is 36.1 Å². The van der Waals surface area contributed by atoms with Crippen LogP contribution in [0.1, 0.15) is 37.8 Å². The Morgan fingerprint density at radius 1 is 1.11 bits per heavy atom. The van der Waals surface area contributed by atoms with E-state index >= 15 is 0 Å². The number of fused-ring (bicyclic) bond motifs is 1. The Balaban J connectivity index is 1.93. The van der Waals surface area contributed by atoms with E-state index in [2.05, 4.69) is 5.32 Å². The molecule has 0 aromatic heterocycles. The lowest BCUT2D eigenvalue weighted by atomic mass is 9.73. The number of aliphatic hydroxyl groups excluding tert-OH is 1. The third kappa shape index (κ3) is 3.80. The van der Waals surface area contributed by atoms with Gasteiger partial charge in [0.2, 0.25) is 11.8 Å². The zero-order valence-electron chi connectivity index (χ0n) is 16.7. The largest absolute Gasteiger partial charge is 0.394 e. The lowest BCUT2D eigenvalue weighted by molar-refractivity contribution is -0.125. The van der Waals surface area contributed by atoms with Crippen LogP contribution >= 0.6 is 0 Å². The molecule has 2 aromatic carbocycles. The number of aliphatic hydroxyl groups is 1. The molecule has 0 radical (unpaired) electrons. The molecule has 0 bridgehead atoms. The van der Waals surface area contributed by atoms with Gasteiger partial charge in [0.25, 0.3) is 0 Å². The Bertz CT molecular complexity index is 863. The molecule has 5 heteroatoms. The van der Waals surface area contributed by atoms with E-state index in [4.69, 9.17) is 0 Å². The Kier molecular flexibility index (Phi) is 5.57. The van der Waals surface area contributed by atoms with Crippen LogP contribution in [0, 0.1) is 0 Å². The standard InChI is InChI=1S/C23H28N2O3/c1-22(2,16-26)24-20(27)13-14-23(15-17-9-5-4-6-10-17)18-11-7-8-12-19(18)25(3)21(23)28/h4-12,26H,13-16H2,1-3H3,(H,24,27)/t23-/m0/s1. The van der Waals surface area contributed by atoms with Gasteiger partial charge in [-0.2, -0.15) is 0 Å². The quantitative estimate of drug-likeness (QED) is 0.776. The van der Waals surface area contributed by atoms with E-state index in [9.17, 15) is 14.7 Å². The Morgan fingerprint density at radius 2 is 1.75 bits per heavy atom. The van der Waals surface area contributed by atoms with Crippen molar-refractivity contribution >= 4 is 17.5 Å². The second-order valence-electron chi connectivity index (χ2n) is 8.22. The third-order valence-electron chi connectivity index (χ3n) is 5.50. The van der Waals surface area contributed by atoms with Crippen LogP contribution in [0.4, 0.5) is 5.69 Å². The summed E-state index contributed by atoms with van der Waals surface area (Å²) in [6.45, 7) is 3.40. The molecule has 2 N–H and O–H groups in total. The van der Waals surface area contributed by atoms with E-state index in [0.717, 1.165) is 16.8 Å². The maximum absolute atomic E-state index is 13.4. The summed E-state index contributed by atoms with van der Waals surface area (Å²) in [5.74, 6) is -0.141. The number of carbonyl (C=O) groups excluding carboxylic acids is 2. The number of likely N-dealkylation sites (N-methyl/N-ethyl adjacent to an activating group) is 1. The van der Waals surface area contributed by atoms with Crippen molar-refractivity contribution < 1.29 is 14.7 Å². The predicted molar refractivity (Wildman–Crippen MR) is 110 cm³/mol. The highest BCUT2D eigenvalue weighted by Gasteiger charge is 2.49. The van der Waals surface area contributed by atoms with Gasteiger partial charge < -0.3 is 15.3 Å². The summed E-state index contributed by atoms with van der Waals surface area (Å²) in [5.41, 5.74) is 1.49. The summed E-state index contributed by atoms with van der Waals surface area (Å²) in [6.07, 6.45) is 1.17. The Labute approximate surface area is 166 Å². The summed E-state index contributed by atoms with van der Waals surface area (Å²) in [7, 11) is 1.79. The minimum absolute atomic E-state index is 0.0202. The van der Waals surface area contributed by atoms with Crippen molar-refractivity contribution in [3.8, 4) is 0 Å². The molecule has 5 nitrogen and oxygen atoms in total. The molecule has 0 saturated heterocycles. The average molecular weight is 380 g/mol. The molecule has 0 spiro atoms. The summed E-state index contributed by atoms with van der Waals surface area (Å²) >= 11 is 0. The number of rotatable bonds is 7. The number of benzene rings is 2. The third-order valence-corrected chi connectivity index (χ3v) is 5.50. The second-order valence-corrected chi connectivity index (χ2v) is 8.22. The number of hydrogen-bond acceptors (Lipinski definition) is 3. The maximum Gasteiger partial charge on any atom is 0.237 e. The molecule has 28 heavy (non-hydrogen) atoms. The molecular weight excluding hydrogens is 352 g/mol. The minimum atomic E-state index is -0.770. The summed E-state index contributed by atoms with van der Waals surface area (Å²) in [6, 6.07) is 17.7. The van der Waals surface area contributed by atoms with Gasteiger partial charge in [-0.05, 0) is 43.9 Å². The van der Waals surface area contributed by atoms with Crippen molar-refractivity contribution in [2.45, 2.75) is 44.1 Å². The highest BCUT2D eigenvalue weighted by molar-refractivity contribution is 6.08. The Hall–Kier alpha value is -2.66. The molecule has 148 valence electrons. The number of hydrogen-bond donors (Lipinski definition) is 2. The van der Waals surface area contributed by atoms with Gasteiger partial charge in [0.05, 0.1) is 17.6 Å². The van der Waals surface area contributed by atoms with Crippen molar-refractivity contribution in [2.75, 3.05) is 18.6 Å². The molecule has 0 fully saturated rings. The van der Waals surface area contributed by atoms with E-state index in [0.29, 0.717) is 12.8 Å². The Morgan fingerprint density at radius 3 is 2.43 bits per heavy atom. The first-order valence-corrected chi connectivity index (χ1v) is 9.62. The second kappa shape index (κ2) is 7.76. The van der Waals surface area contributed by atoms with Crippen molar-refractivity contribution in [2.24, 2.45) is 0 Å². The first-order chi connectivity index (χ1) is 13.3. The number of amides is 2. The molecular formula is C23H28N2O3. The lowest BCUT2D eigenvalue weighted by Crippen LogP contribution is -2.47. The van der Waals surface area contributed by atoms with E-state index in [1.54, 1.807) is 25.8 Å². The molecule has 2 aromatic rings. The van der Waals surface area contributed by atoms with Crippen LogP contribution in [-0.2, 0) is 21.4 Å². The van der Waals surface area contributed by atoms with Gasteiger partial charge in [-0.25, -0.2) is 0 Å². The van der Waals surface area contributed by atoms with E-state index in [1.807, 2.05) is 54.6 Å². The van der Waals surface area contributed by atoms with Gasteiger partial charge in [0, 0.05) is 19.2 Å². The normalized spacial score (nSPS) is 18.9. The van der Waals surface area contributed by atoms with Crippen molar-refractivity contribution in [1.82, 2.24) is 5.32 Å². The monoisotopic (exact) mass is 380 g/mol. The average Bonchev–Trinajstić information content (AvgIpc) is 2.90. The molecule has 0 saturated carbocycles. The van der Waals surface area contributed by atoms with Gasteiger partial charge in [-0.3, -0.25) is 9.59 Å². The summed E-state index contributed by atoms with van der Waals surface area (Å²) in [4.78, 5) is 27.6. The van der Waals surface area contributed by atoms with Gasteiger partial charge in [-0.15, -0.1) is 0 Å². The maximum atomic E-state index is 13.4. The number of para-hydroxylation sites is 1. The molecule has 0 aliphatic carbocycles. The lowest BCUT2D eigenvalue weighted by Gasteiger charge is -2.30. The smallest absolute Gasteiger partial charge is 0.237 e. The van der Waals surface area contributed by atoms with Crippen LogP contribution in [0.15, 0.2) is 54.6 Å². The summed E-state index contributed by atoms with van der Waals surface area (Å²) in [5, 5.41) is 12.2. The van der Waals surface area contributed by atoms with E-state index < -0.39 is 11.0 Å². The van der Waals surface area contributed by atoms with Crippen LogP contribution in [0.3, 0.4) is 0 Å². The minimum Gasteiger partial charge on any atom is -0.394 e. The fraction of sp³-hybridized carbons (Fsp3) is 0.391. The van der Waals surface area contributed by atoms with Gasteiger partial charge >= 0.3 is 0 Å². The van der Waals surface area contributed by atoms with E-state index in [-0.39, 0.29) is 24.8 Å². The van der Waals surface area contributed by atoms with Crippen LogP contribution in [0.5, 0.6) is 0 Å². The molecule has 1 heterocycles. The molecule has 0 unspecified atom stereocenters. The van der Waals surface area contributed by atoms with Gasteiger partial charge in [0.1, 0.15) is 0 Å². The fourth-order valence-corrected chi connectivity index (χ4v) is 3.97. The SMILES string of the molecule is CN1C(=O)[C@@](CCC(=O)NC(C)(C)CO)(Cc2ccccc2)c2ccccc21. The van der Waals surface area contributed by atoms with Gasteiger partial charge in [-0.1, -0.05) is 48.5 Å². The predicted octanol–water partition coefficient (Wildman–Crippen LogP) is 2.81. The van der Waals surface area contributed by atoms with Crippen molar-refractivity contribution in [1.29, 1.82) is 0 Å². The number of nitrogens with zero attached hydrogens (tertiary/aromatic N) is 1. The molecule has 1 atom stereocenters. The molecule has 3 rings (SSSR count). The zero-order valence-corrected chi connectivity index (χ0v) is 16.7. The first-order valence-electron chi connectivity index (χ1n) is 9.62. The summed E-state index contributed by atoms with van der Waals surface area (Å²) < 4.78 is 0. The van der Waals surface area contributed by atoms with Crippen molar-refractivity contribution in [3.63, 3.8) is 0 Å². The molecule has 1 aliphatic heterocycles. The van der Waals surface area contributed by atoms with Crippen LogP contribution in [0.2, 0.25) is 0 Å². The molecule has 2 amide bonds. The number of nitrogens with one attached hydrogen (secondary N) is 1. The highest BCUT2D eigenvalue weighted by Crippen LogP contribution is 2.46. The number of anilines is 1. The fourth-order valence-electron chi connectivity index (χ4n) is 3.97. The molecule has 1 aliphatic rings. The van der Waals surface area contributed by atoms with Gasteiger partial charge in [0.15, 0.2) is 0 Å². The zero-order chi connectivity index (χ0) is 20.4. The first kappa shape index (κ1) is 20.1. The topological polar surface area (TPSA) is 69.6 Å². The van der Waals surface area contributed by atoms with Crippen molar-refractivity contribution in [3.05, 3.63) is 65.7 Å².